The summed E-state index contributed by atoms with van der Waals surface area (Å²) in [7, 11) is 0. The molecule has 2 rings (SSSR count). The lowest BCUT2D eigenvalue weighted by Crippen LogP contribution is -2.41. The fourth-order valence-corrected chi connectivity index (χ4v) is 2.44. The van der Waals surface area contributed by atoms with Gasteiger partial charge in [-0.15, -0.1) is 0 Å². The molecular weight excluding hydrogens is 320 g/mol. The average Bonchev–Trinajstić information content (AvgIpc) is 2.67. The number of aromatic nitrogens is 2. The summed E-state index contributed by atoms with van der Waals surface area (Å²) in [5.41, 5.74) is 0.337. The van der Waals surface area contributed by atoms with Crippen molar-refractivity contribution in [2.24, 2.45) is 5.41 Å². The summed E-state index contributed by atoms with van der Waals surface area (Å²) in [6.07, 6.45) is 7.12. The maximum atomic E-state index is 12.6. The monoisotopic (exact) mass is 342 g/mol. The molecule has 0 radical (unpaired) electrons. The van der Waals surface area contributed by atoms with E-state index < -0.39 is 17.4 Å². The highest BCUT2D eigenvalue weighted by Gasteiger charge is 2.45. The topological polar surface area (TPSA) is 78.4 Å². The fraction of sp³-hybridized carbons (Fsp3) is 0.368. The zero-order valence-corrected chi connectivity index (χ0v) is 14.5. The Hall–Kier alpha value is -2.76. The molecule has 25 heavy (non-hydrogen) atoms. The van der Waals surface area contributed by atoms with E-state index in [4.69, 9.17) is 9.47 Å². The minimum absolute atomic E-state index is 0.0980. The van der Waals surface area contributed by atoms with Crippen molar-refractivity contribution in [3.8, 4) is 0 Å². The quantitative estimate of drug-likeness (QED) is 0.542. The van der Waals surface area contributed by atoms with Gasteiger partial charge in [0, 0.05) is 24.8 Å². The van der Waals surface area contributed by atoms with Crippen molar-refractivity contribution in [3.63, 3.8) is 0 Å². The maximum Gasteiger partial charge on any atom is 0.323 e. The molecule has 0 saturated heterocycles. The maximum absolute atomic E-state index is 12.6. The number of hydrogen-bond acceptors (Lipinski definition) is 6. The van der Waals surface area contributed by atoms with Crippen molar-refractivity contribution in [1.82, 2.24) is 9.97 Å². The van der Waals surface area contributed by atoms with Crippen LogP contribution in [0.2, 0.25) is 0 Å². The van der Waals surface area contributed by atoms with Gasteiger partial charge in [0.15, 0.2) is 5.41 Å². The van der Waals surface area contributed by atoms with Crippen molar-refractivity contribution >= 4 is 11.9 Å². The first-order chi connectivity index (χ1) is 12.1. The Morgan fingerprint density at radius 1 is 0.800 bits per heavy atom. The Morgan fingerprint density at radius 3 is 1.48 bits per heavy atom. The third-order valence-electron chi connectivity index (χ3n) is 4.23. The lowest BCUT2D eigenvalue weighted by molar-refractivity contribution is -0.175. The highest BCUT2D eigenvalue weighted by atomic mass is 16.6. The lowest BCUT2D eigenvalue weighted by Gasteiger charge is -2.27. The highest BCUT2D eigenvalue weighted by Crippen LogP contribution is 2.31. The predicted molar refractivity (Wildman–Crippen MR) is 91.1 cm³/mol. The van der Waals surface area contributed by atoms with E-state index >= 15 is 0 Å². The van der Waals surface area contributed by atoms with Crippen molar-refractivity contribution in [3.05, 3.63) is 60.2 Å². The first-order valence-electron chi connectivity index (χ1n) is 8.24. The van der Waals surface area contributed by atoms with Gasteiger partial charge in [0.1, 0.15) is 13.2 Å². The molecule has 0 aliphatic rings. The van der Waals surface area contributed by atoms with E-state index in [0.717, 1.165) is 11.1 Å². The molecule has 2 aromatic rings. The summed E-state index contributed by atoms with van der Waals surface area (Å²) in [6, 6.07) is 7.03. The highest BCUT2D eigenvalue weighted by molar-refractivity contribution is 5.99. The molecule has 0 aromatic carbocycles. The van der Waals surface area contributed by atoms with Crippen LogP contribution in [0.15, 0.2) is 49.1 Å². The minimum Gasteiger partial charge on any atom is -0.460 e. The van der Waals surface area contributed by atoms with Gasteiger partial charge in [0.05, 0.1) is 0 Å². The minimum atomic E-state index is -1.29. The van der Waals surface area contributed by atoms with Gasteiger partial charge in [0.25, 0.3) is 0 Å². The van der Waals surface area contributed by atoms with Crippen LogP contribution in [-0.2, 0) is 32.3 Å². The van der Waals surface area contributed by atoms with Crippen molar-refractivity contribution in [1.29, 1.82) is 0 Å². The summed E-state index contributed by atoms with van der Waals surface area (Å²) in [6.45, 7) is 3.76. The second kappa shape index (κ2) is 8.92. The van der Waals surface area contributed by atoms with Crippen LogP contribution >= 0.6 is 0 Å². The van der Waals surface area contributed by atoms with Gasteiger partial charge in [-0.05, 0) is 48.2 Å². The summed E-state index contributed by atoms with van der Waals surface area (Å²) in [5, 5.41) is 0. The molecule has 0 aliphatic heterocycles. The largest absolute Gasteiger partial charge is 0.460 e. The number of ether oxygens (including phenoxy) is 2. The molecule has 6 nitrogen and oxygen atoms in total. The van der Waals surface area contributed by atoms with Gasteiger partial charge in [-0.25, -0.2) is 0 Å². The van der Waals surface area contributed by atoms with Crippen LogP contribution in [0.4, 0.5) is 0 Å². The Morgan fingerprint density at radius 2 is 1.16 bits per heavy atom. The van der Waals surface area contributed by atoms with E-state index in [9.17, 15) is 9.59 Å². The average molecular weight is 342 g/mol. The molecule has 6 heteroatoms. The van der Waals surface area contributed by atoms with Crippen LogP contribution in [0.5, 0.6) is 0 Å². The van der Waals surface area contributed by atoms with Crippen molar-refractivity contribution < 1.29 is 19.1 Å². The molecule has 0 aliphatic carbocycles. The molecule has 132 valence electrons. The van der Waals surface area contributed by atoms with Crippen molar-refractivity contribution in [2.75, 3.05) is 0 Å². The molecule has 0 fully saturated rings. The summed E-state index contributed by atoms with van der Waals surface area (Å²) in [5.74, 6) is -1.12. The second-order valence-corrected chi connectivity index (χ2v) is 5.65. The molecule has 0 N–H and O–H groups in total. The number of rotatable bonds is 8. The van der Waals surface area contributed by atoms with Crippen LogP contribution in [0, 0.1) is 5.41 Å². The number of hydrogen-bond donors (Lipinski definition) is 0. The van der Waals surface area contributed by atoms with Crippen LogP contribution in [0.25, 0.3) is 0 Å². The molecule has 0 unspecified atom stereocenters. The van der Waals surface area contributed by atoms with Gasteiger partial charge in [-0.2, -0.15) is 0 Å². The van der Waals surface area contributed by atoms with Crippen LogP contribution in [0.1, 0.15) is 37.8 Å². The molecule has 2 aromatic heterocycles. The summed E-state index contributed by atoms with van der Waals surface area (Å²) < 4.78 is 10.7. The SMILES string of the molecule is CCC(CC)(C(=O)OCc1ccncc1)C(=O)OCc1ccncc1. The van der Waals surface area contributed by atoms with E-state index in [2.05, 4.69) is 9.97 Å². The van der Waals surface area contributed by atoms with Gasteiger partial charge in [-0.1, -0.05) is 13.8 Å². The van der Waals surface area contributed by atoms with E-state index in [1.807, 2.05) is 0 Å². The normalized spacial score (nSPS) is 11.0. The Labute approximate surface area is 147 Å². The lowest BCUT2D eigenvalue weighted by atomic mass is 9.82. The third-order valence-corrected chi connectivity index (χ3v) is 4.23. The summed E-state index contributed by atoms with van der Waals surface area (Å²) in [4.78, 5) is 33.0. The molecule has 0 amide bonds. The number of pyridine rings is 2. The van der Waals surface area contributed by atoms with Crippen LogP contribution in [0.3, 0.4) is 0 Å². The predicted octanol–water partition coefficient (Wildman–Crippen LogP) is 3.07. The van der Waals surface area contributed by atoms with E-state index in [1.165, 1.54) is 0 Å². The fourth-order valence-electron chi connectivity index (χ4n) is 2.44. The van der Waals surface area contributed by atoms with Gasteiger partial charge < -0.3 is 9.47 Å². The van der Waals surface area contributed by atoms with Crippen LogP contribution < -0.4 is 0 Å². The van der Waals surface area contributed by atoms with Gasteiger partial charge in [-0.3, -0.25) is 19.6 Å². The zero-order valence-electron chi connectivity index (χ0n) is 14.5. The molecule has 0 saturated carbocycles. The molecule has 0 atom stereocenters. The Bertz CT molecular complexity index is 628. The summed E-state index contributed by atoms with van der Waals surface area (Å²) >= 11 is 0. The van der Waals surface area contributed by atoms with Gasteiger partial charge in [0.2, 0.25) is 0 Å². The van der Waals surface area contributed by atoms with E-state index in [-0.39, 0.29) is 13.2 Å². The molecule has 0 spiro atoms. The van der Waals surface area contributed by atoms with Crippen LogP contribution in [-0.4, -0.2) is 21.9 Å². The number of nitrogens with zero attached hydrogens (tertiary/aromatic N) is 2. The number of esters is 2. The third kappa shape index (κ3) is 4.62. The first-order valence-corrected chi connectivity index (χ1v) is 8.24. The molecular formula is C19H22N2O4. The van der Waals surface area contributed by atoms with E-state index in [0.29, 0.717) is 12.8 Å². The molecule has 0 bridgehead atoms. The smallest absolute Gasteiger partial charge is 0.323 e. The standard InChI is InChI=1S/C19H22N2O4/c1-3-19(4-2,17(22)24-13-15-5-9-20-10-6-15)18(23)25-14-16-7-11-21-12-8-16/h5-12H,3-4,13-14H2,1-2H3. The number of carbonyl (C=O) groups is 2. The zero-order chi connectivity index (χ0) is 18.1. The number of carbonyl (C=O) groups excluding carboxylic acids is 2. The Kier molecular flexibility index (Phi) is 6.62. The van der Waals surface area contributed by atoms with E-state index in [1.54, 1.807) is 62.9 Å². The molecule has 2 heterocycles. The van der Waals surface area contributed by atoms with Gasteiger partial charge >= 0.3 is 11.9 Å². The second-order valence-electron chi connectivity index (χ2n) is 5.65. The van der Waals surface area contributed by atoms with Crippen molar-refractivity contribution in [2.45, 2.75) is 39.9 Å². The first kappa shape index (κ1) is 18.6. The Balaban J connectivity index is 2.02.